The maximum absolute atomic E-state index is 11.9. The summed E-state index contributed by atoms with van der Waals surface area (Å²) in [5, 5.41) is 9.29. The van der Waals surface area contributed by atoms with Gasteiger partial charge in [0.1, 0.15) is 5.75 Å². The molecule has 140 valence electrons. The zero-order valence-corrected chi connectivity index (χ0v) is 16.3. The molecule has 0 aliphatic heterocycles. The molecule has 7 heteroatoms. The molecule has 27 heavy (non-hydrogen) atoms. The molecule has 0 saturated carbocycles. The molecule has 3 aromatic rings. The first kappa shape index (κ1) is 19.0. The fourth-order valence-electron chi connectivity index (χ4n) is 2.60. The molecule has 0 amide bonds. The number of carbonyl (C=O) groups is 1. The minimum Gasteiger partial charge on any atom is -0.496 e. The van der Waals surface area contributed by atoms with Crippen molar-refractivity contribution in [1.29, 1.82) is 0 Å². The number of carbonyl (C=O) groups excluding carboxylic acids is 1. The molecule has 0 saturated heterocycles. The molecular weight excluding hydrogens is 362 g/mol. The van der Waals surface area contributed by atoms with E-state index in [2.05, 4.69) is 10.2 Å². The van der Waals surface area contributed by atoms with E-state index in [9.17, 15) is 4.79 Å². The molecule has 0 fully saturated rings. The zero-order chi connectivity index (χ0) is 19.2. The van der Waals surface area contributed by atoms with E-state index in [0.29, 0.717) is 16.7 Å². The van der Waals surface area contributed by atoms with Crippen LogP contribution in [0.1, 0.15) is 13.8 Å². The van der Waals surface area contributed by atoms with E-state index >= 15 is 0 Å². The van der Waals surface area contributed by atoms with Gasteiger partial charge in [0.2, 0.25) is 0 Å². The summed E-state index contributed by atoms with van der Waals surface area (Å²) in [4.78, 5) is 11.9. The van der Waals surface area contributed by atoms with Gasteiger partial charge in [-0.25, -0.2) is 0 Å². The second-order valence-corrected chi connectivity index (χ2v) is 6.95. The van der Waals surface area contributed by atoms with Crippen LogP contribution in [-0.4, -0.2) is 39.7 Å². The lowest BCUT2D eigenvalue weighted by Gasteiger charge is -2.12. The van der Waals surface area contributed by atoms with Crippen molar-refractivity contribution in [3.05, 3.63) is 54.6 Å². The van der Waals surface area contributed by atoms with Gasteiger partial charge in [-0.1, -0.05) is 42.1 Å². The lowest BCUT2D eigenvalue weighted by atomic mass is 10.2. The van der Waals surface area contributed by atoms with Crippen LogP contribution in [0.5, 0.6) is 5.75 Å². The Morgan fingerprint density at radius 3 is 2.48 bits per heavy atom. The van der Waals surface area contributed by atoms with Crippen LogP contribution in [0.3, 0.4) is 0 Å². The number of ether oxygens (including phenoxy) is 2. The number of para-hydroxylation sites is 2. The van der Waals surface area contributed by atoms with Crippen molar-refractivity contribution >= 4 is 17.7 Å². The van der Waals surface area contributed by atoms with Crippen molar-refractivity contribution in [1.82, 2.24) is 14.8 Å². The summed E-state index contributed by atoms with van der Waals surface area (Å²) in [7, 11) is 1.62. The average Bonchev–Trinajstić information content (AvgIpc) is 3.10. The summed E-state index contributed by atoms with van der Waals surface area (Å²) in [6, 6.07) is 17.4. The number of aromatic nitrogens is 3. The topological polar surface area (TPSA) is 66.2 Å². The molecule has 1 heterocycles. The average molecular weight is 383 g/mol. The van der Waals surface area contributed by atoms with E-state index in [4.69, 9.17) is 9.47 Å². The summed E-state index contributed by atoms with van der Waals surface area (Å²) >= 11 is 1.29. The first-order valence-corrected chi connectivity index (χ1v) is 9.55. The molecule has 0 aliphatic rings. The van der Waals surface area contributed by atoms with Gasteiger partial charge in [0, 0.05) is 5.69 Å². The highest BCUT2D eigenvalue weighted by Gasteiger charge is 2.20. The Morgan fingerprint density at radius 1 is 1.07 bits per heavy atom. The number of thioether (sulfide) groups is 1. The third-order valence-electron chi connectivity index (χ3n) is 3.68. The minimum absolute atomic E-state index is 0.144. The van der Waals surface area contributed by atoms with Crippen LogP contribution >= 0.6 is 11.8 Å². The highest BCUT2D eigenvalue weighted by Crippen LogP contribution is 2.33. The van der Waals surface area contributed by atoms with Gasteiger partial charge in [-0.3, -0.25) is 9.36 Å². The van der Waals surface area contributed by atoms with Crippen molar-refractivity contribution in [2.45, 2.75) is 25.1 Å². The van der Waals surface area contributed by atoms with Gasteiger partial charge in [-0.15, -0.1) is 10.2 Å². The van der Waals surface area contributed by atoms with Crippen LogP contribution in [-0.2, 0) is 9.53 Å². The third kappa shape index (κ3) is 4.49. The maximum Gasteiger partial charge on any atom is 0.316 e. The molecular formula is C20H21N3O3S. The molecule has 3 rings (SSSR count). The molecule has 0 spiro atoms. The van der Waals surface area contributed by atoms with Gasteiger partial charge in [-0.05, 0) is 38.1 Å². The van der Waals surface area contributed by atoms with Crippen LogP contribution in [0.2, 0.25) is 0 Å². The van der Waals surface area contributed by atoms with Gasteiger partial charge < -0.3 is 9.47 Å². The number of nitrogens with zero attached hydrogens (tertiary/aromatic N) is 3. The second kappa shape index (κ2) is 8.73. The first-order chi connectivity index (χ1) is 13.1. The Balaban J connectivity index is 2.00. The largest absolute Gasteiger partial charge is 0.496 e. The SMILES string of the molecule is COc1ccccc1-c1nnc(SCC(=O)OC(C)C)n1-c1ccccc1. The molecule has 2 aromatic carbocycles. The van der Waals surface area contributed by atoms with Crippen LogP contribution in [0.15, 0.2) is 59.8 Å². The highest BCUT2D eigenvalue weighted by atomic mass is 32.2. The minimum atomic E-state index is -0.281. The fourth-order valence-corrected chi connectivity index (χ4v) is 3.33. The lowest BCUT2D eigenvalue weighted by molar-refractivity contribution is -0.144. The Kier molecular flexibility index (Phi) is 6.13. The van der Waals surface area contributed by atoms with E-state index in [-0.39, 0.29) is 17.8 Å². The van der Waals surface area contributed by atoms with E-state index < -0.39 is 0 Å². The monoisotopic (exact) mass is 383 g/mol. The first-order valence-electron chi connectivity index (χ1n) is 8.56. The number of methoxy groups -OCH3 is 1. The molecule has 0 radical (unpaired) electrons. The second-order valence-electron chi connectivity index (χ2n) is 6.00. The number of benzene rings is 2. The summed E-state index contributed by atoms with van der Waals surface area (Å²) in [5.74, 6) is 1.24. The third-order valence-corrected chi connectivity index (χ3v) is 4.58. The standard InChI is InChI=1S/C20H21N3O3S/c1-14(2)26-18(24)13-27-20-22-21-19(16-11-7-8-12-17(16)25-3)23(20)15-9-5-4-6-10-15/h4-12,14H,13H2,1-3H3. The number of esters is 1. The number of rotatable bonds is 7. The van der Waals surface area contributed by atoms with Crippen molar-refractivity contribution in [2.75, 3.05) is 12.9 Å². The summed E-state index contributed by atoms with van der Waals surface area (Å²) < 4.78 is 12.6. The molecule has 1 aromatic heterocycles. The Hall–Kier alpha value is -2.80. The van der Waals surface area contributed by atoms with Crippen LogP contribution < -0.4 is 4.74 Å². The number of hydrogen-bond donors (Lipinski definition) is 0. The molecule has 0 aliphatic carbocycles. The van der Waals surface area contributed by atoms with Gasteiger partial charge in [0.15, 0.2) is 11.0 Å². The van der Waals surface area contributed by atoms with E-state index in [0.717, 1.165) is 11.3 Å². The van der Waals surface area contributed by atoms with E-state index in [1.165, 1.54) is 11.8 Å². The van der Waals surface area contributed by atoms with E-state index in [1.54, 1.807) is 7.11 Å². The van der Waals surface area contributed by atoms with Crippen LogP contribution in [0.4, 0.5) is 0 Å². The molecule has 0 N–H and O–H groups in total. The summed E-state index contributed by atoms with van der Waals surface area (Å²) in [5.41, 5.74) is 1.73. The summed E-state index contributed by atoms with van der Waals surface area (Å²) in [6.07, 6.45) is -0.144. The van der Waals surface area contributed by atoms with Gasteiger partial charge in [0.05, 0.1) is 24.5 Å². The predicted molar refractivity (Wildman–Crippen MR) is 105 cm³/mol. The Morgan fingerprint density at radius 2 is 1.78 bits per heavy atom. The smallest absolute Gasteiger partial charge is 0.316 e. The lowest BCUT2D eigenvalue weighted by Crippen LogP contribution is -2.13. The van der Waals surface area contributed by atoms with Crippen molar-refractivity contribution in [3.63, 3.8) is 0 Å². The zero-order valence-electron chi connectivity index (χ0n) is 15.5. The fraction of sp³-hybridized carbons (Fsp3) is 0.250. The van der Waals surface area contributed by atoms with Gasteiger partial charge in [-0.2, -0.15) is 0 Å². The number of hydrogen-bond acceptors (Lipinski definition) is 6. The van der Waals surface area contributed by atoms with Gasteiger partial charge in [0.25, 0.3) is 0 Å². The Bertz CT molecular complexity index is 910. The summed E-state index contributed by atoms with van der Waals surface area (Å²) in [6.45, 7) is 3.66. The predicted octanol–water partition coefficient (Wildman–Crippen LogP) is 3.99. The van der Waals surface area contributed by atoms with Crippen LogP contribution in [0, 0.1) is 0 Å². The highest BCUT2D eigenvalue weighted by molar-refractivity contribution is 7.99. The molecule has 0 atom stereocenters. The molecule has 6 nitrogen and oxygen atoms in total. The van der Waals surface area contributed by atoms with Crippen molar-refractivity contribution in [3.8, 4) is 22.8 Å². The van der Waals surface area contributed by atoms with E-state index in [1.807, 2.05) is 73.0 Å². The Labute approximate surface area is 162 Å². The van der Waals surface area contributed by atoms with Crippen LogP contribution in [0.25, 0.3) is 17.1 Å². The quantitative estimate of drug-likeness (QED) is 0.454. The van der Waals surface area contributed by atoms with Crippen molar-refractivity contribution < 1.29 is 14.3 Å². The molecule has 0 bridgehead atoms. The maximum atomic E-state index is 11.9. The van der Waals surface area contributed by atoms with Crippen molar-refractivity contribution in [2.24, 2.45) is 0 Å². The van der Waals surface area contributed by atoms with Gasteiger partial charge >= 0.3 is 5.97 Å². The normalized spacial score (nSPS) is 10.8. The molecule has 0 unspecified atom stereocenters.